The molecule has 3 atom stereocenters. The van der Waals surface area contributed by atoms with Crippen molar-refractivity contribution in [3.8, 4) is 0 Å². The van der Waals surface area contributed by atoms with Crippen LogP contribution in [0.1, 0.15) is 32.6 Å². The van der Waals surface area contributed by atoms with Gasteiger partial charge in [0.1, 0.15) is 0 Å². The van der Waals surface area contributed by atoms with Crippen LogP contribution in [0.2, 0.25) is 0 Å². The molecule has 1 N–H and O–H groups in total. The van der Waals surface area contributed by atoms with Crippen LogP contribution in [0, 0.1) is 11.8 Å². The van der Waals surface area contributed by atoms with Gasteiger partial charge in [-0.1, -0.05) is 13.3 Å². The minimum atomic E-state index is -0.0632. The van der Waals surface area contributed by atoms with Crippen molar-refractivity contribution in [2.75, 3.05) is 14.2 Å². The minimum Gasteiger partial charge on any atom is -0.469 e. The van der Waals surface area contributed by atoms with Crippen LogP contribution in [-0.4, -0.2) is 26.2 Å². The van der Waals surface area contributed by atoms with Gasteiger partial charge in [0.2, 0.25) is 0 Å². The van der Waals surface area contributed by atoms with Gasteiger partial charge in [-0.05, 0) is 32.2 Å². The summed E-state index contributed by atoms with van der Waals surface area (Å²) in [4.78, 5) is 11.4. The van der Waals surface area contributed by atoms with Crippen LogP contribution in [0.25, 0.3) is 0 Å². The number of hydrogen-bond donors (Lipinski definition) is 1. The van der Waals surface area contributed by atoms with Crippen LogP contribution in [0.3, 0.4) is 0 Å². The maximum absolute atomic E-state index is 11.4. The van der Waals surface area contributed by atoms with Crippen LogP contribution in [0.5, 0.6) is 0 Å². The van der Waals surface area contributed by atoms with E-state index in [1.807, 2.05) is 14.0 Å². The van der Waals surface area contributed by atoms with E-state index in [4.69, 9.17) is 4.74 Å². The van der Waals surface area contributed by atoms with Gasteiger partial charge >= 0.3 is 5.97 Å². The maximum atomic E-state index is 11.4. The van der Waals surface area contributed by atoms with Gasteiger partial charge in [-0.15, -0.1) is 0 Å². The highest BCUT2D eigenvalue weighted by atomic mass is 16.5. The van der Waals surface area contributed by atoms with Crippen molar-refractivity contribution in [1.29, 1.82) is 0 Å². The van der Waals surface area contributed by atoms with E-state index in [9.17, 15) is 4.79 Å². The molecule has 0 saturated heterocycles. The van der Waals surface area contributed by atoms with E-state index in [1.54, 1.807) is 0 Å². The second-order valence-corrected chi connectivity index (χ2v) is 4.22. The normalized spacial score (nSPS) is 29.6. The smallest absolute Gasteiger partial charge is 0.308 e. The summed E-state index contributed by atoms with van der Waals surface area (Å²) in [6, 6.07) is 0.584. The molecule has 0 aliphatic heterocycles. The molecule has 0 heterocycles. The second kappa shape index (κ2) is 5.35. The Morgan fingerprint density at radius 1 is 1.50 bits per heavy atom. The van der Waals surface area contributed by atoms with Gasteiger partial charge < -0.3 is 10.1 Å². The van der Waals surface area contributed by atoms with Gasteiger partial charge in [0.05, 0.1) is 13.0 Å². The van der Waals surface area contributed by atoms with Crippen LogP contribution in [-0.2, 0) is 9.53 Å². The van der Waals surface area contributed by atoms with E-state index >= 15 is 0 Å². The second-order valence-electron chi connectivity index (χ2n) is 4.22. The molecule has 1 aliphatic carbocycles. The van der Waals surface area contributed by atoms with E-state index in [-0.39, 0.29) is 11.9 Å². The Bertz CT molecular complexity index is 194. The monoisotopic (exact) mass is 199 g/mol. The van der Waals surface area contributed by atoms with Gasteiger partial charge in [-0.25, -0.2) is 0 Å². The molecule has 0 bridgehead atoms. The summed E-state index contributed by atoms with van der Waals surface area (Å²) in [5.74, 6) is 0.483. The highest BCUT2D eigenvalue weighted by molar-refractivity contribution is 5.72. The number of methoxy groups -OCH3 is 1. The van der Waals surface area contributed by atoms with Gasteiger partial charge in [0, 0.05) is 6.04 Å². The molecule has 14 heavy (non-hydrogen) atoms. The number of hydrogen-bond acceptors (Lipinski definition) is 3. The number of carbonyl (C=O) groups excluding carboxylic acids is 1. The zero-order valence-electron chi connectivity index (χ0n) is 9.38. The van der Waals surface area contributed by atoms with Crippen LogP contribution >= 0.6 is 0 Å². The largest absolute Gasteiger partial charge is 0.469 e. The first-order valence-electron chi connectivity index (χ1n) is 5.44. The van der Waals surface area contributed by atoms with E-state index in [0.717, 1.165) is 12.8 Å². The summed E-state index contributed by atoms with van der Waals surface area (Å²) in [5, 5.41) is 3.29. The lowest BCUT2D eigenvalue weighted by molar-refractivity contribution is -0.147. The minimum absolute atomic E-state index is 0.0520. The average Bonchev–Trinajstić information content (AvgIpc) is 2.27. The summed E-state index contributed by atoms with van der Waals surface area (Å²) in [6.07, 6.45) is 4.72. The molecule has 3 unspecified atom stereocenters. The average molecular weight is 199 g/mol. The maximum Gasteiger partial charge on any atom is 0.308 e. The summed E-state index contributed by atoms with van der Waals surface area (Å²) in [6.45, 7) is 1.98. The SMILES string of the molecule is CNC1CCCC(C(C)C(=O)OC)C1. The lowest BCUT2D eigenvalue weighted by Crippen LogP contribution is -2.35. The Morgan fingerprint density at radius 3 is 2.79 bits per heavy atom. The van der Waals surface area contributed by atoms with E-state index in [0.29, 0.717) is 12.0 Å². The lowest BCUT2D eigenvalue weighted by Gasteiger charge is -2.31. The molecule has 0 aromatic rings. The molecule has 3 heteroatoms. The Morgan fingerprint density at radius 2 is 2.21 bits per heavy atom. The highest BCUT2D eigenvalue weighted by Crippen LogP contribution is 2.30. The van der Waals surface area contributed by atoms with Crippen LogP contribution in [0.4, 0.5) is 0 Å². The van der Waals surface area contributed by atoms with E-state index in [2.05, 4.69) is 5.32 Å². The van der Waals surface area contributed by atoms with Crippen molar-refractivity contribution in [2.24, 2.45) is 11.8 Å². The quantitative estimate of drug-likeness (QED) is 0.701. The zero-order valence-corrected chi connectivity index (χ0v) is 9.38. The van der Waals surface area contributed by atoms with Gasteiger partial charge in [0.25, 0.3) is 0 Å². The standard InChI is InChI=1S/C11H21NO2/c1-8(11(13)14-3)9-5-4-6-10(7-9)12-2/h8-10,12H,4-7H2,1-3H3. The number of rotatable bonds is 3. The third kappa shape index (κ3) is 2.71. The molecular formula is C11H21NO2. The molecule has 82 valence electrons. The van der Waals surface area contributed by atoms with Gasteiger partial charge in [-0.3, -0.25) is 4.79 Å². The summed E-state index contributed by atoms with van der Waals surface area (Å²) >= 11 is 0. The zero-order chi connectivity index (χ0) is 10.6. The van der Waals surface area contributed by atoms with Crippen molar-refractivity contribution in [1.82, 2.24) is 5.32 Å². The van der Waals surface area contributed by atoms with Gasteiger partial charge in [-0.2, -0.15) is 0 Å². The lowest BCUT2D eigenvalue weighted by atomic mass is 9.78. The van der Waals surface area contributed by atoms with Crippen LogP contribution < -0.4 is 5.32 Å². The predicted molar refractivity (Wildman–Crippen MR) is 56.0 cm³/mol. The highest BCUT2D eigenvalue weighted by Gasteiger charge is 2.29. The third-order valence-electron chi connectivity index (χ3n) is 3.40. The van der Waals surface area contributed by atoms with E-state index < -0.39 is 0 Å². The van der Waals surface area contributed by atoms with E-state index in [1.165, 1.54) is 20.0 Å². The molecule has 0 radical (unpaired) electrons. The van der Waals surface area contributed by atoms with Crippen molar-refractivity contribution >= 4 is 5.97 Å². The summed E-state index contributed by atoms with van der Waals surface area (Å²) in [7, 11) is 3.47. The molecule has 0 aromatic heterocycles. The van der Waals surface area contributed by atoms with Crippen molar-refractivity contribution in [3.05, 3.63) is 0 Å². The first-order chi connectivity index (χ1) is 6.69. The van der Waals surface area contributed by atoms with Crippen molar-refractivity contribution in [2.45, 2.75) is 38.6 Å². The van der Waals surface area contributed by atoms with Crippen molar-refractivity contribution in [3.63, 3.8) is 0 Å². The fraction of sp³-hybridized carbons (Fsp3) is 0.909. The Hall–Kier alpha value is -0.570. The Balaban J connectivity index is 2.46. The fourth-order valence-electron chi connectivity index (χ4n) is 2.32. The fourth-order valence-corrected chi connectivity index (χ4v) is 2.32. The number of ether oxygens (including phenoxy) is 1. The number of carbonyl (C=O) groups is 1. The molecule has 0 amide bonds. The first kappa shape index (κ1) is 11.5. The molecule has 3 nitrogen and oxygen atoms in total. The number of nitrogens with one attached hydrogen (secondary N) is 1. The summed E-state index contributed by atoms with van der Waals surface area (Å²) < 4.78 is 4.77. The molecule has 1 rings (SSSR count). The number of esters is 1. The molecule has 1 saturated carbocycles. The summed E-state index contributed by atoms with van der Waals surface area (Å²) in [5.41, 5.74) is 0. The Kier molecular flexibility index (Phi) is 4.39. The molecule has 0 aromatic carbocycles. The third-order valence-corrected chi connectivity index (χ3v) is 3.40. The first-order valence-corrected chi connectivity index (χ1v) is 5.44. The molecule has 1 aliphatic rings. The van der Waals surface area contributed by atoms with Crippen LogP contribution in [0.15, 0.2) is 0 Å². The Labute approximate surface area is 86.2 Å². The predicted octanol–water partition coefficient (Wildman–Crippen LogP) is 1.57. The molecule has 0 spiro atoms. The van der Waals surface area contributed by atoms with Crippen molar-refractivity contribution < 1.29 is 9.53 Å². The topological polar surface area (TPSA) is 38.3 Å². The molecular weight excluding hydrogens is 178 g/mol. The molecule has 1 fully saturated rings. The van der Waals surface area contributed by atoms with Gasteiger partial charge in [0.15, 0.2) is 0 Å².